The van der Waals surface area contributed by atoms with Crippen LogP contribution in [0.4, 0.5) is 43.9 Å². The molecule has 8 rings (SSSR count). The van der Waals surface area contributed by atoms with Gasteiger partial charge in [-0.15, -0.1) is 36.4 Å². The molecule has 2 aromatic carbocycles. The van der Waals surface area contributed by atoms with E-state index >= 15 is 8.78 Å². The second kappa shape index (κ2) is 17.2. The third kappa shape index (κ3) is 8.69. The first-order valence-electron chi connectivity index (χ1n) is 16.9. The van der Waals surface area contributed by atoms with Gasteiger partial charge in [0.2, 0.25) is 0 Å². The van der Waals surface area contributed by atoms with E-state index in [1.165, 1.54) is 72.8 Å². The van der Waals surface area contributed by atoms with Crippen molar-refractivity contribution >= 4 is 0 Å². The van der Waals surface area contributed by atoms with Crippen LogP contribution in [0.25, 0.3) is 34.2 Å². The summed E-state index contributed by atoms with van der Waals surface area (Å²) in [6.45, 7) is 0. The number of alkyl halides is 6. The summed E-state index contributed by atoms with van der Waals surface area (Å²) in [5, 5.41) is 7.15. The first kappa shape index (κ1) is 44.7. The van der Waals surface area contributed by atoms with E-state index in [2.05, 4.69) is 44.7 Å². The predicted octanol–water partition coefficient (Wildman–Crippen LogP) is 9.14. The summed E-state index contributed by atoms with van der Waals surface area (Å²) in [6, 6.07) is 25.8. The average Bonchev–Trinajstić information content (AvgIpc) is 3.91. The Hall–Kier alpha value is -5.86. The van der Waals surface area contributed by atoms with Gasteiger partial charge in [-0.3, -0.25) is 47.7 Å². The van der Waals surface area contributed by atoms with Gasteiger partial charge in [-0.1, -0.05) is 84.2 Å². The Labute approximate surface area is 366 Å². The summed E-state index contributed by atoms with van der Waals surface area (Å²) in [7, 11) is 0. The second-order valence-electron chi connectivity index (χ2n) is 12.5. The normalized spacial score (nSPS) is 11.8. The van der Waals surface area contributed by atoms with Gasteiger partial charge >= 0.3 is 54.5 Å². The SMILES string of the molecule is Fc1c[c-]c(-c2cccc(C(c3cccc(-c4[c-]cc(F)cc4F)n3)(c3cccc(-n4[c-]cc(C(F)(F)F)n4)n3)c3cccc(-n4[c-]cc(C(F)(F)F)n4)n3)n2)c(F)c1.[Pt+2].[Pt+2]. The van der Waals surface area contributed by atoms with E-state index in [0.717, 1.165) is 21.5 Å². The first-order valence-corrected chi connectivity index (χ1v) is 16.9. The quantitative estimate of drug-likeness (QED) is 0.112. The number of hydrogen-bond acceptors (Lipinski definition) is 6. The Morgan fingerprint density at radius 3 is 1.15 bits per heavy atom. The molecular formula is C41H18F10N8Pt2. The molecule has 0 radical (unpaired) electrons. The van der Waals surface area contributed by atoms with E-state index in [9.17, 15) is 35.1 Å². The van der Waals surface area contributed by atoms with Crippen LogP contribution in [0.1, 0.15) is 34.2 Å². The van der Waals surface area contributed by atoms with Crippen LogP contribution in [-0.4, -0.2) is 39.5 Å². The van der Waals surface area contributed by atoms with Gasteiger partial charge in [0, 0.05) is 23.3 Å². The summed E-state index contributed by atoms with van der Waals surface area (Å²) in [5.41, 5.74) is -5.89. The van der Waals surface area contributed by atoms with E-state index < -0.39 is 52.4 Å². The summed E-state index contributed by atoms with van der Waals surface area (Å²) < 4.78 is 142. The molecule has 0 aliphatic heterocycles. The zero-order valence-electron chi connectivity index (χ0n) is 29.9. The molecular weight excluding hydrogens is 1180 g/mol. The molecule has 0 N–H and O–H groups in total. The van der Waals surface area contributed by atoms with Crippen LogP contribution in [0.5, 0.6) is 0 Å². The topological polar surface area (TPSA) is 87.2 Å². The number of hydrogen-bond donors (Lipinski definition) is 0. The van der Waals surface area contributed by atoms with Crippen LogP contribution >= 0.6 is 0 Å². The maximum atomic E-state index is 15.3. The fourth-order valence-electron chi connectivity index (χ4n) is 6.22. The van der Waals surface area contributed by atoms with Crippen molar-refractivity contribution in [2.45, 2.75) is 17.8 Å². The van der Waals surface area contributed by atoms with Crippen LogP contribution < -0.4 is 0 Å². The maximum Gasteiger partial charge on any atom is 2.00 e. The minimum Gasteiger partial charge on any atom is -0.343 e. The molecule has 20 heteroatoms. The third-order valence-electron chi connectivity index (χ3n) is 8.81. The number of nitrogens with zero attached hydrogens (tertiary/aromatic N) is 8. The minimum absolute atomic E-state index is 0. The van der Waals surface area contributed by atoms with Crippen molar-refractivity contribution in [2.24, 2.45) is 0 Å². The summed E-state index contributed by atoms with van der Waals surface area (Å²) in [4.78, 5) is 18.8. The van der Waals surface area contributed by atoms with Crippen molar-refractivity contribution in [3.05, 3.63) is 191 Å². The van der Waals surface area contributed by atoms with Gasteiger partial charge in [0.15, 0.2) is 0 Å². The number of benzene rings is 2. The fraction of sp³-hybridized carbons (Fsp3) is 0.0732. The van der Waals surface area contributed by atoms with Gasteiger partial charge in [0.1, 0.15) is 5.41 Å². The van der Waals surface area contributed by atoms with Crippen LogP contribution in [0.15, 0.2) is 109 Å². The van der Waals surface area contributed by atoms with Crippen LogP contribution in [-0.2, 0) is 59.9 Å². The molecule has 0 saturated heterocycles. The predicted molar refractivity (Wildman–Crippen MR) is 186 cm³/mol. The van der Waals surface area contributed by atoms with Crippen LogP contribution in [0.3, 0.4) is 0 Å². The Morgan fingerprint density at radius 2 is 0.803 bits per heavy atom. The zero-order valence-corrected chi connectivity index (χ0v) is 34.4. The Bertz CT molecular complexity index is 2670. The molecule has 0 amide bonds. The number of pyridine rings is 4. The maximum absolute atomic E-state index is 15.3. The van der Waals surface area contributed by atoms with Crippen LogP contribution in [0, 0.1) is 47.8 Å². The standard InChI is InChI=1S/C41H18F10N8.2Pt/c42-23-13-15-25(27(44)21-23)29-5-1-7-31(52-29)39(32-8-2-6-30(53-32)26-16-14-24(43)22-28(26)45,33-9-3-11-37(54-33)58-19-17-35(56-58)40(46,47)48)34-10-4-12-38(55-34)59-20-18-36(57-59)41(49,50)51;;/h1-14,17-18,21-22H;;/q-4;2*+2. The van der Waals surface area contributed by atoms with Gasteiger partial charge in [-0.2, -0.15) is 26.3 Å². The molecule has 0 saturated carbocycles. The van der Waals surface area contributed by atoms with Gasteiger partial charge < -0.3 is 9.36 Å². The van der Waals surface area contributed by atoms with Gasteiger partial charge in [0.05, 0.1) is 45.8 Å². The Kier molecular flexibility index (Phi) is 12.6. The van der Waals surface area contributed by atoms with Crippen molar-refractivity contribution in [1.82, 2.24) is 39.5 Å². The molecule has 61 heavy (non-hydrogen) atoms. The van der Waals surface area contributed by atoms with Gasteiger partial charge in [-0.05, 0) is 35.7 Å². The summed E-state index contributed by atoms with van der Waals surface area (Å²) in [5.74, 6) is -4.41. The van der Waals surface area contributed by atoms with E-state index in [0.29, 0.717) is 24.3 Å². The van der Waals surface area contributed by atoms with Crippen LogP contribution in [0.2, 0.25) is 0 Å². The molecule has 0 bridgehead atoms. The zero-order chi connectivity index (χ0) is 41.7. The molecule has 0 aliphatic rings. The molecule has 8 aromatic rings. The van der Waals surface area contributed by atoms with Crippen molar-refractivity contribution in [3.63, 3.8) is 0 Å². The Balaban J connectivity index is 0.00000311. The largest absolute Gasteiger partial charge is 2.00 e. The molecule has 6 aromatic heterocycles. The van der Waals surface area contributed by atoms with Crippen molar-refractivity contribution in [3.8, 4) is 34.2 Å². The van der Waals surface area contributed by atoms with E-state index in [4.69, 9.17) is 9.97 Å². The monoisotopic (exact) mass is 1200 g/mol. The van der Waals surface area contributed by atoms with Gasteiger partial charge in [-0.25, -0.2) is 0 Å². The smallest absolute Gasteiger partial charge is 0.343 e. The molecule has 0 spiro atoms. The van der Waals surface area contributed by atoms with Gasteiger partial charge in [0.25, 0.3) is 0 Å². The first-order chi connectivity index (χ1) is 28.1. The summed E-state index contributed by atoms with van der Waals surface area (Å²) >= 11 is 0. The molecule has 8 nitrogen and oxygen atoms in total. The molecule has 0 atom stereocenters. The minimum atomic E-state index is -4.85. The van der Waals surface area contributed by atoms with E-state index in [1.807, 2.05) is 0 Å². The van der Waals surface area contributed by atoms with E-state index in [1.54, 1.807) is 0 Å². The molecule has 0 aliphatic carbocycles. The Morgan fingerprint density at radius 1 is 0.443 bits per heavy atom. The second-order valence-corrected chi connectivity index (χ2v) is 12.5. The molecule has 0 fully saturated rings. The van der Waals surface area contributed by atoms with Crippen molar-refractivity contribution in [1.29, 1.82) is 0 Å². The molecule has 6 heterocycles. The average molecular weight is 1200 g/mol. The number of aromatic nitrogens is 8. The molecule has 0 unspecified atom stereocenters. The van der Waals surface area contributed by atoms with E-state index in [-0.39, 0.29) is 99.1 Å². The van der Waals surface area contributed by atoms with Crippen molar-refractivity contribution < 1.29 is 86.0 Å². The molecule has 312 valence electrons. The summed E-state index contributed by atoms with van der Waals surface area (Å²) in [6.07, 6.45) is -4.96. The fourth-order valence-corrected chi connectivity index (χ4v) is 6.22. The number of rotatable bonds is 8. The number of halogens is 10. The van der Waals surface area contributed by atoms with Crippen molar-refractivity contribution in [2.75, 3.05) is 0 Å². The third-order valence-corrected chi connectivity index (χ3v) is 8.81.